The number of carbonyl (C=O) groups is 2. The van der Waals surface area contributed by atoms with Gasteiger partial charge in [-0.25, -0.2) is 0 Å². The van der Waals surface area contributed by atoms with E-state index in [9.17, 15) is 9.59 Å². The van der Waals surface area contributed by atoms with Gasteiger partial charge in [-0.3, -0.25) is 14.7 Å². The van der Waals surface area contributed by atoms with Crippen molar-refractivity contribution in [1.82, 2.24) is 25.3 Å². The number of carbonyl (C=O) groups excluding carboxylic acids is 2. The highest BCUT2D eigenvalue weighted by Gasteiger charge is 2.28. The van der Waals surface area contributed by atoms with Crippen LogP contribution in [-0.4, -0.2) is 71.1 Å². The van der Waals surface area contributed by atoms with Crippen LogP contribution in [0.3, 0.4) is 0 Å². The molecule has 0 radical (unpaired) electrons. The number of nitrogens with zero attached hydrogens (tertiary/aromatic N) is 3. The number of aromatic nitrogens is 2. The van der Waals surface area contributed by atoms with Crippen LogP contribution in [0.2, 0.25) is 0 Å². The molecule has 4 rings (SSSR count). The van der Waals surface area contributed by atoms with Crippen molar-refractivity contribution < 1.29 is 9.59 Å². The first-order chi connectivity index (χ1) is 14.2. The molecule has 2 aromatic rings. The average molecular weight is 416 g/mol. The van der Waals surface area contributed by atoms with Crippen molar-refractivity contribution >= 4 is 23.2 Å². The van der Waals surface area contributed by atoms with E-state index in [0.29, 0.717) is 31.6 Å². The lowest BCUT2D eigenvalue weighted by molar-refractivity contribution is -0.126. The van der Waals surface area contributed by atoms with Gasteiger partial charge in [0.2, 0.25) is 5.91 Å². The van der Waals surface area contributed by atoms with Gasteiger partial charge in [-0.1, -0.05) is 6.07 Å². The molecule has 0 spiro atoms. The van der Waals surface area contributed by atoms with Crippen molar-refractivity contribution in [2.45, 2.75) is 32.1 Å². The molecule has 2 amide bonds. The van der Waals surface area contributed by atoms with E-state index in [4.69, 9.17) is 0 Å². The fraction of sp³-hybridized carbons (Fsp3) is 0.571. The molecule has 2 aromatic heterocycles. The van der Waals surface area contributed by atoms with E-state index >= 15 is 0 Å². The molecule has 0 aromatic carbocycles. The summed E-state index contributed by atoms with van der Waals surface area (Å²) in [6.45, 7) is 5.42. The van der Waals surface area contributed by atoms with Gasteiger partial charge in [0.25, 0.3) is 5.91 Å². The second-order valence-corrected chi connectivity index (χ2v) is 8.85. The number of hydrogen-bond acceptors (Lipinski definition) is 5. The van der Waals surface area contributed by atoms with Gasteiger partial charge in [0.05, 0.1) is 10.6 Å². The van der Waals surface area contributed by atoms with E-state index in [0.717, 1.165) is 30.1 Å². The van der Waals surface area contributed by atoms with Gasteiger partial charge in [-0.05, 0) is 69.3 Å². The average Bonchev–Trinajstić information content (AvgIpc) is 3.52. The molecule has 0 saturated carbocycles. The number of thiophene rings is 1. The van der Waals surface area contributed by atoms with Crippen LogP contribution in [0, 0.1) is 5.92 Å². The standard InChI is InChI=1S/C21H29N5O2S/c27-20(22-8-4-11-25-9-1-2-10-25)16-6-12-26(13-7-16)21(28)18-15-17(23-24-18)19-5-3-14-29-19/h3,5,14-16H,1-2,4,6-13H2,(H,22,27)(H,23,24). The first-order valence-electron chi connectivity index (χ1n) is 10.6. The summed E-state index contributed by atoms with van der Waals surface area (Å²) in [5.74, 6) is 0.0819. The lowest BCUT2D eigenvalue weighted by Crippen LogP contribution is -2.43. The molecule has 0 bridgehead atoms. The molecule has 156 valence electrons. The van der Waals surface area contributed by atoms with Gasteiger partial charge in [0, 0.05) is 25.6 Å². The Hall–Kier alpha value is -2.19. The van der Waals surface area contributed by atoms with Crippen LogP contribution in [0.1, 0.15) is 42.6 Å². The van der Waals surface area contributed by atoms with Crippen LogP contribution in [0.5, 0.6) is 0 Å². The summed E-state index contributed by atoms with van der Waals surface area (Å²) in [7, 11) is 0. The van der Waals surface area contributed by atoms with Gasteiger partial charge >= 0.3 is 0 Å². The Kier molecular flexibility index (Phi) is 6.61. The quantitative estimate of drug-likeness (QED) is 0.681. The highest BCUT2D eigenvalue weighted by Crippen LogP contribution is 2.24. The minimum Gasteiger partial charge on any atom is -0.356 e. The minimum absolute atomic E-state index is 0.00620. The van der Waals surface area contributed by atoms with E-state index in [2.05, 4.69) is 20.4 Å². The zero-order valence-corrected chi connectivity index (χ0v) is 17.5. The summed E-state index contributed by atoms with van der Waals surface area (Å²) in [5, 5.41) is 12.2. The molecular formula is C21H29N5O2S. The van der Waals surface area contributed by atoms with Crippen LogP contribution in [0.4, 0.5) is 0 Å². The smallest absolute Gasteiger partial charge is 0.274 e. The molecule has 0 aliphatic carbocycles. The molecule has 8 heteroatoms. The molecule has 2 aliphatic rings. The van der Waals surface area contributed by atoms with E-state index in [1.807, 2.05) is 28.5 Å². The molecule has 0 atom stereocenters. The van der Waals surface area contributed by atoms with Crippen molar-refractivity contribution in [2.75, 3.05) is 39.3 Å². The molecule has 2 fully saturated rings. The van der Waals surface area contributed by atoms with Gasteiger partial charge in [-0.15, -0.1) is 11.3 Å². The third-order valence-electron chi connectivity index (χ3n) is 5.89. The largest absolute Gasteiger partial charge is 0.356 e. The summed E-state index contributed by atoms with van der Waals surface area (Å²) >= 11 is 1.61. The Morgan fingerprint density at radius 1 is 1.21 bits per heavy atom. The van der Waals surface area contributed by atoms with Crippen molar-refractivity contribution in [3.63, 3.8) is 0 Å². The maximum atomic E-state index is 12.7. The van der Waals surface area contributed by atoms with E-state index < -0.39 is 0 Å². The predicted octanol–water partition coefficient (Wildman–Crippen LogP) is 2.59. The summed E-state index contributed by atoms with van der Waals surface area (Å²) in [4.78, 5) is 30.5. The van der Waals surface area contributed by atoms with Crippen LogP contribution in [-0.2, 0) is 4.79 Å². The molecule has 2 aliphatic heterocycles. The van der Waals surface area contributed by atoms with Gasteiger partial charge in [0.1, 0.15) is 0 Å². The first-order valence-corrected chi connectivity index (χ1v) is 11.5. The van der Waals surface area contributed by atoms with Gasteiger partial charge < -0.3 is 15.1 Å². The number of hydrogen-bond donors (Lipinski definition) is 2. The Labute approximate surface area is 175 Å². The van der Waals surface area contributed by atoms with Crippen LogP contribution >= 0.6 is 11.3 Å². The van der Waals surface area contributed by atoms with E-state index in [1.165, 1.54) is 25.9 Å². The topological polar surface area (TPSA) is 81.3 Å². The number of aromatic amines is 1. The second kappa shape index (κ2) is 9.54. The lowest BCUT2D eigenvalue weighted by Gasteiger charge is -2.30. The number of rotatable bonds is 7. The van der Waals surface area contributed by atoms with Gasteiger partial charge in [0.15, 0.2) is 5.69 Å². The second-order valence-electron chi connectivity index (χ2n) is 7.90. The molecule has 0 unspecified atom stereocenters. The Bertz CT molecular complexity index is 805. The number of likely N-dealkylation sites (tertiary alicyclic amines) is 2. The molecule has 7 nitrogen and oxygen atoms in total. The molecular weight excluding hydrogens is 386 g/mol. The highest BCUT2D eigenvalue weighted by molar-refractivity contribution is 7.13. The number of piperidine rings is 1. The van der Waals surface area contributed by atoms with Gasteiger partial charge in [-0.2, -0.15) is 5.10 Å². The molecule has 2 N–H and O–H groups in total. The fourth-order valence-electron chi connectivity index (χ4n) is 4.16. The minimum atomic E-state index is -0.0615. The summed E-state index contributed by atoms with van der Waals surface area (Å²) in [6, 6.07) is 5.79. The zero-order valence-electron chi connectivity index (χ0n) is 16.7. The monoisotopic (exact) mass is 415 g/mol. The van der Waals surface area contributed by atoms with Crippen molar-refractivity contribution in [1.29, 1.82) is 0 Å². The predicted molar refractivity (Wildman–Crippen MR) is 114 cm³/mol. The van der Waals surface area contributed by atoms with E-state index in [1.54, 1.807) is 11.3 Å². The SMILES string of the molecule is O=C(NCCCN1CCCC1)C1CCN(C(=O)c2cc(-c3cccs3)[nH]n2)CC1. The lowest BCUT2D eigenvalue weighted by atomic mass is 9.95. The normalized spacial score (nSPS) is 18.3. The maximum absolute atomic E-state index is 12.7. The maximum Gasteiger partial charge on any atom is 0.274 e. The fourth-order valence-corrected chi connectivity index (χ4v) is 4.85. The summed E-state index contributed by atoms with van der Waals surface area (Å²) < 4.78 is 0. The van der Waals surface area contributed by atoms with Crippen LogP contribution in [0.15, 0.2) is 23.6 Å². The Balaban J connectivity index is 1.19. The molecule has 29 heavy (non-hydrogen) atoms. The third-order valence-corrected chi connectivity index (χ3v) is 6.79. The van der Waals surface area contributed by atoms with E-state index in [-0.39, 0.29) is 17.7 Å². The number of H-pyrrole nitrogens is 1. The number of amides is 2. The van der Waals surface area contributed by atoms with Crippen LogP contribution in [0.25, 0.3) is 10.6 Å². The van der Waals surface area contributed by atoms with Crippen molar-refractivity contribution in [2.24, 2.45) is 5.92 Å². The van der Waals surface area contributed by atoms with Crippen LogP contribution < -0.4 is 5.32 Å². The highest BCUT2D eigenvalue weighted by atomic mass is 32.1. The summed E-state index contributed by atoms with van der Waals surface area (Å²) in [6.07, 6.45) is 5.04. The third kappa shape index (κ3) is 5.05. The van der Waals surface area contributed by atoms with Crippen molar-refractivity contribution in [3.8, 4) is 10.6 Å². The Morgan fingerprint density at radius 3 is 2.72 bits per heavy atom. The summed E-state index contributed by atoms with van der Waals surface area (Å²) in [5.41, 5.74) is 1.31. The molecule has 4 heterocycles. The zero-order chi connectivity index (χ0) is 20.1. The van der Waals surface area contributed by atoms with Crippen molar-refractivity contribution in [3.05, 3.63) is 29.3 Å². The number of nitrogens with one attached hydrogen (secondary N) is 2. The first kappa shape index (κ1) is 20.1. The Morgan fingerprint density at radius 2 is 2.00 bits per heavy atom. The molecule has 2 saturated heterocycles.